The third-order valence-electron chi connectivity index (χ3n) is 4.13. The Morgan fingerprint density at radius 3 is 2.46 bits per heavy atom. The van der Waals surface area contributed by atoms with Gasteiger partial charge >= 0.3 is 0 Å². The third-order valence-corrected chi connectivity index (χ3v) is 5.02. The van der Waals surface area contributed by atoms with Crippen LogP contribution in [0.4, 0.5) is 11.4 Å². The number of nitro groups is 1. The van der Waals surface area contributed by atoms with Gasteiger partial charge in [0.1, 0.15) is 5.01 Å². The average molecular weight is 385 g/mol. The Bertz CT molecular complexity index is 1140. The monoisotopic (exact) mass is 385 g/mol. The summed E-state index contributed by atoms with van der Waals surface area (Å²) in [6, 6.07) is 24.3. The molecule has 0 N–H and O–H groups in total. The summed E-state index contributed by atoms with van der Waals surface area (Å²) in [5.74, 6) is 0. The largest absolute Gasteiger partial charge is 0.270 e. The molecule has 0 fully saturated rings. The highest BCUT2D eigenvalue weighted by atomic mass is 32.1. The molecule has 6 heteroatoms. The highest BCUT2D eigenvalue weighted by molar-refractivity contribution is 7.13. The van der Waals surface area contributed by atoms with Crippen LogP contribution in [-0.4, -0.2) is 16.1 Å². The van der Waals surface area contributed by atoms with E-state index < -0.39 is 4.92 Å². The summed E-state index contributed by atoms with van der Waals surface area (Å²) in [7, 11) is 0. The van der Waals surface area contributed by atoms with Crippen molar-refractivity contribution >= 4 is 28.9 Å². The number of hydrogen-bond acceptors (Lipinski definition) is 5. The van der Waals surface area contributed by atoms with Crippen LogP contribution < -0.4 is 0 Å². The van der Waals surface area contributed by atoms with E-state index in [0.29, 0.717) is 5.56 Å². The van der Waals surface area contributed by atoms with E-state index in [4.69, 9.17) is 4.98 Å². The van der Waals surface area contributed by atoms with E-state index in [1.165, 1.54) is 12.1 Å². The van der Waals surface area contributed by atoms with E-state index in [-0.39, 0.29) is 5.69 Å². The van der Waals surface area contributed by atoms with Gasteiger partial charge in [0.2, 0.25) is 0 Å². The number of rotatable bonds is 5. The number of aliphatic imine (C=N–C) groups is 1. The maximum Gasteiger partial charge on any atom is 0.270 e. The van der Waals surface area contributed by atoms with Crippen molar-refractivity contribution in [3.63, 3.8) is 0 Å². The summed E-state index contributed by atoms with van der Waals surface area (Å²) < 4.78 is 0. The van der Waals surface area contributed by atoms with Gasteiger partial charge in [0.15, 0.2) is 0 Å². The molecule has 4 rings (SSSR count). The zero-order valence-corrected chi connectivity index (χ0v) is 15.5. The van der Waals surface area contributed by atoms with Crippen LogP contribution in [0.3, 0.4) is 0 Å². The first-order chi connectivity index (χ1) is 13.7. The summed E-state index contributed by atoms with van der Waals surface area (Å²) in [4.78, 5) is 19.6. The van der Waals surface area contributed by atoms with Crippen molar-refractivity contribution in [3.8, 4) is 21.8 Å². The lowest BCUT2D eigenvalue weighted by molar-refractivity contribution is -0.384. The van der Waals surface area contributed by atoms with Gasteiger partial charge in [-0.3, -0.25) is 15.1 Å². The minimum absolute atomic E-state index is 0.0528. The average Bonchev–Trinajstić information content (AvgIpc) is 3.24. The van der Waals surface area contributed by atoms with Crippen molar-refractivity contribution in [2.24, 2.45) is 4.99 Å². The normalized spacial score (nSPS) is 11.0. The van der Waals surface area contributed by atoms with Gasteiger partial charge < -0.3 is 0 Å². The maximum atomic E-state index is 10.8. The number of non-ortho nitro benzene ring substituents is 1. The molecule has 0 unspecified atom stereocenters. The Hall–Kier alpha value is -3.64. The Balaban J connectivity index is 1.51. The summed E-state index contributed by atoms with van der Waals surface area (Å²) in [5.41, 5.74) is 4.57. The SMILES string of the molecule is O=[N+]([O-])c1cccc(C=Nc2ccc(-c3csc(-c4ccccc4)n3)cc2)c1. The fourth-order valence-corrected chi connectivity index (χ4v) is 3.54. The fourth-order valence-electron chi connectivity index (χ4n) is 2.71. The number of nitrogens with zero attached hydrogens (tertiary/aromatic N) is 3. The van der Waals surface area contributed by atoms with Crippen LogP contribution in [-0.2, 0) is 0 Å². The van der Waals surface area contributed by atoms with Crippen LogP contribution in [0, 0.1) is 10.1 Å². The van der Waals surface area contributed by atoms with Gasteiger partial charge in [-0.2, -0.15) is 0 Å². The standard InChI is InChI=1S/C22H15N3O2S/c26-25(27)20-8-4-5-16(13-20)14-23-19-11-9-17(10-12-19)21-15-28-22(24-21)18-6-2-1-3-7-18/h1-15H. The fraction of sp³-hybridized carbons (Fsp3) is 0. The van der Waals surface area contributed by atoms with Crippen LogP contribution in [0.2, 0.25) is 0 Å². The van der Waals surface area contributed by atoms with Gasteiger partial charge in [-0.1, -0.05) is 54.6 Å². The van der Waals surface area contributed by atoms with Crippen LogP contribution in [0.1, 0.15) is 5.56 Å². The van der Waals surface area contributed by atoms with Crippen molar-refractivity contribution in [2.75, 3.05) is 0 Å². The summed E-state index contributed by atoms with van der Waals surface area (Å²) >= 11 is 1.62. The molecule has 0 spiro atoms. The van der Waals surface area contributed by atoms with E-state index in [0.717, 1.165) is 27.5 Å². The first-order valence-electron chi connectivity index (χ1n) is 8.59. The number of thiazole rings is 1. The lowest BCUT2D eigenvalue weighted by Crippen LogP contribution is -1.89. The van der Waals surface area contributed by atoms with Gasteiger partial charge in [-0.25, -0.2) is 4.98 Å². The van der Waals surface area contributed by atoms with Crippen LogP contribution >= 0.6 is 11.3 Å². The van der Waals surface area contributed by atoms with Crippen molar-refractivity contribution < 1.29 is 4.92 Å². The maximum absolute atomic E-state index is 10.8. The van der Waals surface area contributed by atoms with Crippen molar-refractivity contribution in [1.82, 2.24) is 4.98 Å². The summed E-state index contributed by atoms with van der Waals surface area (Å²) in [5, 5.41) is 13.9. The molecular weight excluding hydrogens is 370 g/mol. The number of hydrogen-bond donors (Lipinski definition) is 0. The molecule has 0 aliphatic carbocycles. The highest BCUT2D eigenvalue weighted by Crippen LogP contribution is 2.29. The molecule has 0 saturated heterocycles. The smallest absolute Gasteiger partial charge is 0.258 e. The lowest BCUT2D eigenvalue weighted by Gasteiger charge is -1.99. The topological polar surface area (TPSA) is 68.4 Å². The van der Waals surface area contributed by atoms with E-state index in [1.807, 2.05) is 60.0 Å². The lowest BCUT2D eigenvalue weighted by atomic mass is 10.1. The molecule has 0 amide bonds. The predicted octanol–water partition coefficient (Wildman–Crippen LogP) is 6.14. The van der Waals surface area contributed by atoms with Crippen molar-refractivity contribution in [1.29, 1.82) is 0 Å². The second-order valence-corrected chi connectivity index (χ2v) is 6.92. The molecule has 0 radical (unpaired) electrons. The van der Waals surface area contributed by atoms with Crippen LogP contribution in [0.5, 0.6) is 0 Å². The number of nitro benzene ring substituents is 1. The van der Waals surface area contributed by atoms with Gasteiger partial charge in [-0.05, 0) is 17.7 Å². The zero-order valence-electron chi connectivity index (χ0n) is 14.7. The van der Waals surface area contributed by atoms with Crippen LogP contribution in [0.15, 0.2) is 89.2 Å². The predicted molar refractivity (Wildman–Crippen MR) is 113 cm³/mol. The number of benzene rings is 3. The summed E-state index contributed by atoms with van der Waals surface area (Å²) in [6.07, 6.45) is 1.62. The molecule has 3 aromatic carbocycles. The molecule has 0 saturated carbocycles. The van der Waals surface area contributed by atoms with E-state index in [9.17, 15) is 10.1 Å². The molecule has 0 aliphatic rings. The van der Waals surface area contributed by atoms with E-state index in [2.05, 4.69) is 4.99 Å². The second-order valence-electron chi connectivity index (χ2n) is 6.06. The van der Waals surface area contributed by atoms with E-state index in [1.54, 1.807) is 29.7 Å². The van der Waals surface area contributed by atoms with Crippen molar-refractivity contribution in [3.05, 3.63) is 99.9 Å². The molecule has 5 nitrogen and oxygen atoms in total. The minimum atomic E-state index is -0.413. The Labute approximate surface area is 165 Å². The molecule has 0 aliphatic heterocycles. The Kier molecular flexibility index (Phi) is 5.03. The van der Waals surface area contributed by atoms with Gasteiger partial charge in [0.25, 0.3) is 5.69 Å². The Morgan fingerprint density at radius 2 is 1.71 bits per heavy atom. The molecular formula is C22H15N3O2S. The first kappa shape index (κ1) is 17.8. The molecule has 4 aromatic rings. The number of aromatic nitrogens is 1. The molecule has 136 valence electrons. The van der Waals surface area contributed by atoms with Gasteiger partial charge in [-0.15, -0.1) is 11.3 Å². The Morgan fingerprint density at radius 1 is 0.929 bits per heavy atom. The molecule has 1 heterocycles. The molecule has 28 heavy (non-hydrogen) atoms. The molecule has 0 atom stereocenters. The second kappa shape index (κ2) is 7.94. The van der Waals surface area contributed by atoms with Gasteiger partial charge in [0, 0.05) is 34.9 Å². The molecule has 0 bridgehead atoms. The summed E-state index contributed by atoms with van der Waals surface area (Å²) in [6.45, 7) is 0. The minimum Gasteiger partial charge on any atom is -0.258 e. The van der Waals surface area contributed by atoms with Crippen molar-refractivity contribution in [2.45, 2.75) is 0 Å². The first-order valence-corrected chi connectivity index (χ1v) is 9.47. The molecule has 1 aromatic heterocycles. The third kappa shape index (κ3) is 4.02. The quantitative estimate of drug-likeness (QED) is 0.235. The van der Waals surface area contributed by atoms with E-state index >= 15 is 0 Å². The van der Waals surface area contributed by atoms with Crippen LogP contribution in [0.25, 0.3) is 21.8 Å². The zero-order chi connectivity index (χ0) is 19.3. The van der Waals surface area contributed by atoms with Gasteiger partial charge in [0.05, 0.1) is 16.3 Å². The highest BCUT2D eigenvalue weighted by Gasteiger charge is 2.07.